The summed E-state index contributed by atoms with van der Waals surface area (Å²) in [6.07, 6.45) is 1.95. The topological polar surface area (TPSA) is 84.9 Å². The Morgan fingerprint density at radius 1 is 1.07 bits per heavy atom. The number of nitrogens with zero attached hydrogens (tertiary/aromatic N) is 2. The second-order valence-corrected chi connectivity index (χ2v) is 6.46. The van der Waals surface area contributed by atoms with Crippen LogP contribution in [0.4, 0.5) is 0 Å². The van der Waals surface area contributed by atoms with Gasteiger partial charge >= 0.3 is 0 Å². The van der Waals surface area contributed by atoms with Crippen molar-refractivity contribution in [3.05, 3.63) is 82.1 Å². The van der Waals surface area contributed by atoms with E-state index in [1.54, 1.807) is 18.2 Å². The third-order valence-corrected chi connectivity index (χ3v) is 4.74. The van der Waals surface area contributed by atoms with Crippen LogP contribution in [-0.4, -0.2) is 15.1 Å². The number of aromatic amines is 1. The minimum Gasteiger partial charge on any atom is -0.464 e. The number of para-hydroxylation sites is 1. The van der Waals surface area contributed by atoms with Crippen LogP contribution in [0.15, 0.2) is 68.5 Å². The quantitative estimate of drug-likeness (QED) is 0.522. The third-order valence-electron chi connectivity index (χ3n) is 4.74. The van der Waals surface area contributed by atoms with Gasteiger partial charge in [0.25, 0.3) is 5.89 Å². The molecule has 6 nitrogen and oxygen atoms in total. The number of benzene rings is 2. The molecule has 1 N–H and O–H groups in total. The monoisotopic (exact) mass is 357 g/mol. The molecule has 132 valence electrons. The zero-order valence-electron chi connectivity index (χ0n) is 14.5. The molecular weight excluding hydrogens is 342 g/mol. The molecule has 0 spiro atoms. The van der Waals surface area contributed by atoms with Gasteiger partial charge in [0.05, 0.1) is 11.6 Å². The number of H-pyrrole nitrogens is 1. The van der Waals surface area contributed by atoms with Crippen molar-refractivity contribution >= 4 is 21.9 Å². The highest BCUT2D eigenvalue weighted by Crippen LogP contribution is 2.26. The van der Waals surface area contributed by atoms with Gasteiger partial charge in [0.15, 0.2) is 11.3 Å². The van der Waals surface area contributed by atoms with E-state index in [-0.39, 0.29) is 5.43 Å². The van der Waals surface area contributed by atoms with Crippen molar-refractivity contribution in [3.8, 4) is 11.5 Å². The first-order chi connectivity index (χ1) is 13.2. The maximum absolute atomic E-state index is 11.8. The van der Waals surface area contributed by atoms with E-state index in [9.17, 15) is 4.79 Å². The van der Waals surface area contributed by atoms with Gasteiger partial charge in [-0.3, -0.25) is 4.79 Å². The Labute approximate surface area is 153 Å². The summed E-state index contributed by atoms with van der Waals surface area (Å²) in [6, 6.07) is 14.8. The molecule has 5 aromatic rings. The molecule has 0 aliphatic heterocycles. The molecule has 3 aromatic heterocycles. The minimum absolute atomic E-state index is 0.0798. The summed E-state index contributed by atoms with van der Waals surface area (Å²) in [5, 5.41) is 5.81. The lowest BCUT2D eigenvalue weighted by Gasteiger charge is -1.98. The van der Waals surface area contributed by atoms with Crippen LogP contribution in [0.1, 0.15) is 17.1 Å². The van der Waals surface area contributed by atoms with E-state index in [0.717, 1.165) is 22.2 Å². The summed E-state index contributed by atoms with van der Waals surface area (Å²) < 4.78 is 10.9. The van der Waals surface area contributed by atoms with E-state index in [1.165, 1.54) is 12.3 Å². The molecule has 2 aromatic carbocycles. The fraction of sp³-hybridized carbons (Fsp3) is 0.0952. The maximum atomic E-state index is 11.8. The van der Waals surface area contributed by atoms with Crippen molar-refractivity contribution in [1.82, 2.24) is 15.1 Å². The summed E-state index contributed by atoms with van der Waals surface area (Å²) in [6.45, 7) is 2.04. The van der Waals surface area contributed by atoms with Crippen molar-refractivity contribution in [1.29, 1.82) is 0 Å². The molecule has 3 heterocycles. The van der Waals surface area contributed by atoms with E-state index < -0.39 is 0 Å². The lowest BCUT2D eigenvalue weighted by molar-refractivity contribution is 0.424. The van der Waals surface area contributed by atoms with Crippen molar-refractivity contribution in [2.24, 2.45) is 0 Å². The number of nitrogens with one attached hydrogen (secondary N) is 1. The van der Waals surface area contributed by atoms with Gasteiger partial charge in [0, 0.05) is 34.6 Å². The highest BCUT2D eigenvalue weighted by Gasteiger charge is 2.15. The molecule has 6 heteroatoms. The molecule has 0 atom stereocenters. The molecule has 0 fully saturated rings. The van der Waals surface area contributed by atoms with Crippen molar-refractivity contribution in [2.45, 2.75) is 13.3 Å². The van der Waals surface area contributed by atoms with Crippen LogP contribution >= 0.6 is 0 Å². The summed E-state index contributed by atoms with van der Waals surface area (Å²) in [7, 11) is 0. The Morgan fingerprint density at radius 2 is 1.96 bits per heavy atom. The standard InChI is InChI=1S/C21H15N3O3/c1-12-16(14-4-2-3-5-17(14)22-12)11-20-23-21(27-24-20)13-6-7-15-18(25)8-9-26-19(15)10-13/h2-10,22H,11H2,1H3. The number of aromatic nitrogens is 3. The van der Waals surface area contributed by atoms with Gasteiger partial charge in [-0.2, -0.15) is 4.98 Å². The van der Waals surface area contributed by atoms with Crippen LogP contribution in [0.3, 0.4) is 0 Å². The Hall–Kier alpha value is -3.67. The lowest BCUT2D eigenvalue weighted by atomic mass is 10.1. The van der Waals surface area contributed by atoms with Gasteiger partial charge in [-0.15, -0.1) is 0 Å². The van der Waals surface area contributed by atoms with Crippen LogP contribution in [0.5, 0.6) is 0 Å². The fourth-order valence-corrected chi connectivity index (χ4v) is 3.38. The van der Waals surface area contributed by atoms with Crippen LogP contribution in [0.25, 0.3) is 33.3 Å². The number of hydrogen-bond donors (Lipinski definition) is 1. The average Bonchev–Trinajstić information content (AvgIpc) is 3.27. The summed E-state index contributed by atoms with van der Waals surface area (Å²) >= 11 is 0. The van der Waals surface area contributed by atoms with Gasteiger partial charge in [0.1, 0.15) is 5.58 Å². The third kappa shape index (κ3) is 2.62. The number of fused-ring (bicyclic) bond motifs is 2. The van der Waals surface area contributed by atoms with Gasteiger partial charge in [-0.05, 0) is 36.8 Å². The van der Waals surface area contributed by atoms with E-state index in [1.807, 2.05) is 19.1 Å². The lowest BCUT2D eigenvalue weighted by Crippen LogP contribution is -1.97. The zero-order chi connectivity index (χ0) is 18.4. The minimum atomic E-state index is -0.0798. The van der Waals surface area contributed by atoms with Crippen LogP contribution < -0.4 is 5.43 Å². The largest absolute Gasteiger partial charge is 0.464 e. The second kappa shape index (κ2) is 5.95. The van der Waals surface area contributed by atoms with Crippen molar-refractivity contribution in [3.63, 3.8) is 0 Å². The predicted octanol–water partition coefficient (Wildman–Crippen LogP) is 4.22. The number of rotatable bonds is 3. The van der Waals surface area contributed by atoms with E-state index in [2.05, 4.69) is 27.3 Å². The first-order valence-electron chi connectivity index (χ1n) is 8.60. The Kier molecular flexibility index (Phi) is 3.43. The molecule has 27 heavy (non-hydrogen) atoms. The molecule has 0 saturated carbocycles. The molecule has 0 amide bonds. The second-order valence-electron chi connectivity index (χ2n) is 6.46. The molecule has 0 bridgehead atoms. The normalized spacial score (nSPS) is 11.4. The Bertz CT molecular complexity index is 1340. The molecule has 5 rings (SSSR count). The molecule has 0 radical (unpaired) electrons. The first-order valence-corrected chi connectivity index (χ1v) is 8.60. The first kappa shape index (κ1) is 15.6. The molecule has 0 saturated heterocycles. The zero-order valence-corrected chi connectivity index (χ0v) is 14.5. The summed E-state index contributed by atoms with van der Waals surface area (Å²) in [4.78, 5) is 19.7. The maximum Gasteiger partial charge on any atom is 0.258 e. The van der Waals surface area contributed by atoms with Crippen LogP contribution in [-0.2, 0) is 6.42 Å². The Morgan fingerprint density at radius 3 is 2.89 bits per heavy atom. The van der Waals surface area contributed by atoms with E-state index in [0.29, 0.717) is 34.7 Å². The predicted molar refractivity (Wildman–Crippen MR) is 102 cm³/mol. The molecule has 0 unspecified atom stereocenters. The van der Waals surface area contributed by atoms with Gasteiger partial charge < -0.3 is 13.9 Å². The smallest absolute Gasteiger partial charge is 0.258 e. The molecular formula is C21H15N3O3. The van der Waals surface area contributed by atoms with Crippen LogP contribution in [0, 0.1) is 6.92 Å². The van der Waals surface area contributed by atoms with Crippen molar-refractivity contribution < 1.29 is 8.94 Å². The highest BCUT2D eigenvalue weighted by molar-refractivity contribution is 5.85. The molecule has 0 aliphatic rings. The summed E-state index contributed by atoms with van der Waals surface area (Å²) in [5.74, 6) is 1.00. The van der Waals surface area contributed by atoms with Gasteiger partial charge in [-0.25, -0.2) is 0 Å². The van der Waals surface area contributed by atoms with Crippen LogP contribution in [0.2, 0.25) is 0 Å². The Balaban J connectivity index is 1.51. The van der Waals surface area contributed by atoms with Gasteiger partial charge in [0.2, 0.25) is 0 Å². The number of aryl methyl sites for hydroxylation is 1. The summed E-state index contributed by atoms with van der Waals surface area (Å²) in [5.41, 5.74) is 4.47. The molecule has 0 aliphatic carbocycles. The average molecular weight is 357 g/mol. The van der Waals surface area contributed by atoms with Gasteiger partial charge in [-0.1, -0.05) is 23.4 Å². The van der Waals surface area contributed by atoms with E-state index in [4.69, 9.17) is 8.94 Å². The van der Waals surface area contributed by atoms with Crippen molar-refractivity contribution in [2.75, 3.05) is 0 Å². The van der Waals surface area contributed by atoms with E-state index >= 15 is 0 Å². The number of hydrogen-bond acceptors (Lipinski definition) is 5. The SMILES string of the molecule is Cc1[nH]c2ccccc2c1Cc1noc(-c2ccc3c(=O)ccoc3c2)n1. The fourth-order valence-electron chi connectivity index (χ4n) is 3.38. The highest BCUT2D eigenvalue weighted by atomic mass is 16.5.